The van der Waals surface area contributed by atoms with Crippen molar-refractivity contribution in [2.75, 3.05) is 0 Å². The molecule has 48 valence electrons. The quantitative estimate of drug-likeness (QED) is 0.545. The Kier molecular flexibility index (Phi) is 1.83. The number of carbonyl (C=O) groups excluding carboxylic acids is 1. The molecule has 0 heterocycles. The topological polar surface area (TPSA) is 17.1 Å². The Labute approximate surface area is 55.1 Å². The summed E-state index contributed by atoms with van der Waals surface area (Å²) < 4.78 is 0. The standard InChI is InChI=1S/C8H10O/c1-2-8(9)7-5-3-4-6-7/h3-7H,2H2,1H3. The number of Topliss-reactive ketones (excluding diaryl/α,β-unsaturated/α-hetero) is 1. The molecular formula is C8H10O. The first kappa shape index (κ1) is 6.27. The fourth-order valence-electron chi connectivity index (χ4n) is 0.882. The van der Waals surface area contributed by atoms with Crippen LogP contribution in [0.1, 0.15) is 13.3 Å². The third-order valence-corrected chi connectivity index (χ3v) is 1.47. The summed E-state index contributed by atoms with van der Waals surface area (Å²) in [5, 5.41) is 0. The van der Waals surface area contributed by atoms with Gasteiger partial charge >= 0.3 is 0 Å². The average molecular weight is 122 g/mol. The molecular weight excluding hydrogens is 112 g/mol. The maximum absolute atomic E-state index is 10.9. The van der Waals surface area contributed by atoms with Crippen molar-refractivity contribution < 1.29 is 4.79 Å². The molecule has 9 heavy (non-hydrogen) atoms. The van der Waals surface area contributed by atoms with Crippen LogP contribution in [-0.2, 0) is 4.79 Å². The highest BCUT2D eigenvalue weighted by molar-refractivity contribution is 5.84. The van der Waals surface area contributed by atoms with Crippen molar-refractivity contribution >= 4 is 5.78 Å². The third-order valence-electron chi connectivity index (χ3n) is 1.47. The highest BCUT2D eigenvalue weighted by atomic mass is 16.1. The lowest BCUT2D eigenvalue weighted by molar-refractivity contribution is -0.120. The predicted molar refractivity (Wildman–Crippen MR) is 37.1 cm³/mol. The molecule has 0 amide bonds. The molecule has 0 aromatic carbocycles. The van der Waals surface area contributed by atoms with Gasteiger partial charge in [0.1, 0.15) is 5.78 Å². The molecule has 0 spiro atoms. The van der Waals surface area contributed by atoms with E-state index in [9.17, 15) is 4.79 Å². The molecule has 1 aliphatic rings. The van der Waals surface area contributed by atoms with Gasteiger partial charge in [0.15, 0.2) is 0 Å². The Morgan fingerprint density at radius 1 is 1.44 bits per heavy atom. The summed E-state index contributed by atoms with van der Waals surface area (Å²) in [6.45, 7) is 1.89. The molecule has 0 atom stereocenters. The van der Waals surface area contributed by atoms with Crippen molar-refractivity contribution in [1.82, 2.24) is 0 Å². The summed E-state index contributed by atoms with van der Waals surface area (Å²) in [6.07, 6.45) is 8.31. The van der Waals surface area contributed by atoms with Crippen LogP contribution in [0.3, 0.4) is 0 Å². The number of allylic oxidation sites excluding steroid dienone is 4. The fraction of sp³-hybridized carbons (Fsp3) is 0.375. The highest BCUT2D eigenvalue weighted by Gasteiger charge is 2.10. The normalized spacial score (nSPS) is 17.0. The number of rotatable bonds is 2. The lowest BCUT2D eigenvalue weighted by atomic mass is 10.1. The molecule has 0 saturated carbocycles. The van der Waals surface area contributed by atoms with Gasteiger partial charge in [-0.1, -0.05) is 31.2 Å². The Balaban J connectivity index is 2.53. The average Bonchev–Trinajstić information content (AvgIpc) is 2.37. The first-order chi connectivity index (χ1) is 4.34. The van der Waals surface area contributed by atoms with Gasteiger partial charge < -0.3 is 0 Å². The maximum atomic E-state index is 10.9. The van der Waals surface area contributed by atoms with E-state index in [0.29, 0.717) is 12.2 Å². The largest absolute Gasteiger partial charge is 0.299 e. The van der Waals surface area contributed by atoms with Gasteiger partial charge in [-0.2, -0.15) is 0 Å². The molecule has 0 radical (unpaired) electrons. The minimum absolute atomic E-state index is 0.0787. The summed E-state index contributed by atoms with van der Waals surface area (Å²) >= 11 is 0. The Hall–Kier alpha value is -0.850. The zero-order valence-electron chi connectivity index (χ0n) is 5.50. The third kappa shape index (κ3) is 1.28. The van der Waals surface area contributed by atoms with E-state index in [1.165, 1.54) is 0 Å². The van der Waals surface area contributed by atoms with E-state index in [1.807, 2.05) is 31.2 Å². The Morgan fingerprint density at radius 3 is 2.44 bits per heavy atom. The van der Waals surface area contributed by atoms with E-state index in [2.05, 4.69) is 0 Å². The molecule has 0 aromatic heterocycles. The van der Waals surface area contributed by atoms with Crippen LogP contribution in [0.2, 0.25) is 0 Å². The number of carbonyl (C=O) groups is 1. The van der Waals surface area contributed by atoms with E-state index >= 15 is 0 Å². The summed E-state index contributed by atoms with van der Waals surface area (Å²) in [5.74, 6) is 0.384. The molecule has 0 saturated heterocycles. The van der Waals surface area contributed by atoms with Crippen molar-refractivity contribution in [2.45, 2.75) is 13.3 Å². The predicted octanol–water partition coefficient (Wildman–Crippen LogP) is 1.71. The van der Waals surface area contributed by atoms with E-state index in [4.69, 9.17) is 0 Å². The molecule has 0 N–H and O–H groups in total. The van der Waals surface area contributed by atoms with E-state index < -0.39 is 0 Å². The van der Waals surface area contributed by atoms with Crippen molar-refractivity contribution in [3.05, 3.63) is 24.3 Å². The van der Waals surface area contributed by atoms with Gasteiger partial charge in [-0.3, -0.25) is 4.79 Å². The molecule has 0 bridgehead atoms. The van der Waals surface area contributed by atoms with Gasteiger partial charge in [-0.05, 0) is 0 Å². The van der Waals surface area contributed by atoms with Crippen molar-refractivity contribution in [2.24, 2.45) is 5.92 Å². The van der Waals surface area contributed by atoms with Crippen LogP contribution in [0.25, 0.3) is 0 Å². The molecule has 0 fully saturated rings. The van der Waals surface area contributed by atoms with Crippen molar-refractivity contribution in [3.8, 4) is 0 Å². The van der Waals surface area contributed by atoms with Crippen LogP contribution >= 0.6 is 0 Å². The molecule has 1 heteroatoms. The second-order valence-electron chi connectivity index (χ2n) is 2.12. The first-order valence-corrected chi connectivity index (χ1v) is 3.22. The first-order valence-electron chi connectivity index (χ1n) is 3.22. The molecule has 1 rings (SSSR count). The molecule has 0 aliphatic heterocycles. The van der Waals surface area contributed by atoms with Gasteiger partial charge in [0.25, 0.3) is 0 Å². The zero-order chi connectivity index (χ0) is 6.69. The molecule has 1 aliphatic carbocycles. The van der Waals surface area contributed by atoms with Gasteiger partial charge in [0.05, 0.1) is 5.92 Å². The van der Waals surface area contributed by atoms with Crippen molar-refractivity contribution in [1.29, 1.82) is 0 Å². The van der Waals surface area contributed by atoms with Gasteiger partial charge in [-0.25, -0.2) is 0 Å². The molecule has 0 aromatic rings. The zero-order valence-corrected chi connectivity index (χ0v) is 5.50. The van der Waals surface area contributed by atoms with E-state index in [-0.39, 0.29) is 5.92 Å². The van der Waals surface area contributed by atoms with Crippen LogP contribution in [0, 0.1) is 5.92 Å². The Bertz CT molecular complexity index is 153. The van der Waals surface area contributed by atoms with Crippen LogP contribution in [-0.4, -0.2) is 5.78 Å². The van der Waals surface area contributed by atoms with Crippen LogP contribution < -0.4 is 0 Å². The van der Waals surface area contributed by atoms with Crippen molar-refractivity contribution in [3.63, 3.8) is 0 Å². The number of ketones is 1. The molecule has 0 unspecified atom stereocenters. The Morgan fingerprint density at radius 2 is 2.00 bits per heavy atom. The van der Waals surface area contributed by atoms with Gasteiger partial charge in [0, 0.05) is 6.42 Å². The smallest absolute Gasteiger partial charge is 0.143 e. The lowest BCUT2D eigenvalue weighted by Gasteiger charge is -1.98. The lowest BCUT2D eigenvalue weighted by Crippen LogP contribution is -2.05. The summed E-state index contributed by atoms with van der Waals surface area (Å²) in [7, 11) is 0. The fourth-order valence-corrected chi connectivity index (χ4v) is 0.882. The SMILES string of the molecule is CCC(=O)C1C=CC=C1. The minimum atomic E-state index is 0.0787. The minimum Gasteiger partial charge on any atom is -0.299 e. The number of hydrogen-bond donors (Lipinski definition) is 0. The molecule has 1 nitrogen and oxygen atoms in total. The van der Waals surface area contributed by atoms with Crippen LogP contribution in [0.15, 0.2) is 24.3 Å². The monoisotopic (exact) mass is 122 g/mol. The van der Waals surface area contributed by atoms with Crippen LogP contribution in [0.4, 0.5) is 0 Å². The summed E-state index contributed by atoms with van der Waals surface area (Å²) in [5.41, 5.74) is 0. The van der Waals surface area contributed by atoms with Gasteiger partial charge in [0.2, 0.25) is 0 Å². The van der Waals surface area contributed by atoms with Crippen LogP contribution in [0.5, 0.6) is 0 Å². The number of hydrogen-bond acceptors (Lipinski definition) is 1. The summed E-state index contributed by atoms with van der Waals surface area (Å²) in [6, 6.07) is 0. The van der Waals surface area contributed by atoms with E-state index in [0.717, 1.165) is 0 Å². The van der Waals surface area contributed by atoms with E-state index in [1.54, 1.807) is 0 Å². The second kappa shape index (κ2) is 2.62. The second-order valence-corrected chi connectivity index (χ2v) is 2.12. The highest BCUT2D eigenvalue weighted by Crippen LogP contribution is 2.10. The summed E-state index contributed by atoms with van der Waals surface area (Å²) in [4.78, 5) is 10.9. The maximum Gasteiger partial charge on any atom is 0.143 e. The van der Waals surface area contributed by atoms with Gasteiger partial charge in [-0.15, -0.1) is 0 Å².